The molecular weight excluding hydrogens is 232 g/mol. The first-order valence-corrected chi connectivity index (χ1v) is 7.69. The number of hydrogen-bond donors (Lipinski definition) is 1. The van der Waals surface area contributed by atoms with Gasteiger partial charge in [0.05, 0.1) is 0 Å². The van der Waals surface area contributed by atoms with Crippen LogP contribution in [0.3, 0.4) is 0 Å². The highest BCUT2D eigenvalue weighted by Gasteiger charge is 2.13. The van der Waals surface area contributed by atoms with E-state index in [4.69, 9.17) is 0 Å². The minimum absolute atomic E-state index is 0.946. The van der Waals surface area contributed by atoms with Crippen molar-refractivity contribution in [3.63, 3.8) is 0 Å². The van der Waals surface area contributed by atoms with E-state index in [0.29, 0.717) is 0 Å². The molecule has 0 aromatic heterocycles. The van der Waals surface area contributed by atoms with Crippen molar-refractivity contribution in [3.8, 4) is 0 Å². The van der Waals surface area contributed by atoms with E-state index in [-0.39, 0.29) is 0 Å². The largest absolute Gasteiger partial charge is 0.315 e. The lowest BCUT2D eigenvalue weighted by Gasteiger charge is -2.18. The molecule has 106 valence electrons. The van der Waals surface area contributed by atoms with Crippen LogP contribution in [-0.4, -0.2) is 31.6 Å². The Bertz CT molecular complexity index is 369. The van der Waals surface area contributed by atoms with Gasteiger partial charge in [0, 0.05) is 19.6 Å². The van der Waals surface area contributed by atoms with Gasteiger partial charge in [-0.2, -0.15) is 0 Å². The Kier molecular flexibility index (Phi) is 5.87. The van der Waals surface area contributed by atoms with Gasteiger partial charge in [-0.25, -0.2) is 0 Å². The Morgan fingerprint density at radius 2 is 2.05 bits per heavy atom. The van der Waals surface area contributed by atoms with Crippen molar-refractivity contribution < 1.29 is 0 Å². The van der Waals surface area contributed by atoms with Gasteiger partial charge in [0.25, 0.3) is 0 Å². The van der Waals surface area contributed by atoms with Crippen LogP contribution in [0.4, 0.5) is 0 Å². The fourth-order valence-electron chi connectivity index (χ4n) is 2.99. The maximum Gasteiger partial charge on any atom is 0.0231 e. The molecule has 0 unspecified atom stereocenters. The van der Waals surface area contributed by atoms with Gasteiger partial charge in [-0.15, -0.1) is 0 Å². The summed E-state index contributed by atoms with van der Waals surface area (Å²) >= 11 is 0. The second kappa shape index (κ2) is 7.66. The quantitative estimate of drug-likeness (QED) is 0.757. The molecule has 2 heteroatoms. The maximum atomic E-state index is 3.61. The smallest absolute Gasteiger partial charge is 0.0231 e. The van der Waals surface area contributed by atoms with Crippen molar-refractivity contribution in [2.75, 3.05) is 26.7 Å². The number of nitrogens with one attached hydrogen (secondary N) is 1. The van der Waals surface area contributed by atoms with Crippen molar-refractivity contribution >= 4 is 0 Å². The monoisotopic (exact) mass is 260 g/mol. The molecule has 19 heavy (non-hydrogen) atoms. The van der Waals surface area contributed by atoms with E-state index < -0.39 is 0 Å². The lowest BCUT2D eigenvalue weighted by Crippen LogP contribution is -2.31. The van der Waals surface area contributed by atoms with Crippen LogP contribution in [-0.2, 0) is 6.54 Å². The van der Waals surface area contributed by atoms with Crippen LogP contribution in [0.1, 0.15) is 36.8 Å². The van der Waals surface area contributed by atoms with Crippen molar-refractivity contribution in [1.29, 1.82) is 0 Å². The number of benzene rings is 1. The molecule has 0 bridgehead atoms. The number of hydrogen-bond acceptors (Lipinski definition) is 2. The van der Waals surface area contributed by atoms with Crippen LogP contribution in [0.25, 0.3) is 0 Å². The van der Waals surface area contributed by atoms with Crippen LogP contribution in [0, 0.1) is 12.8 Å². The third-order valence-corrected chi connectivity index (χ3v) is 4.11. The molecule has 0 atom stereocenters. The topological polar surface area (TPSA) is 15.3 Å². The summed E-state index contributed by atoms with van der Waals surface area (Å²) in [6.07, 6.45) is 5.76. The summed E-state index contributed by atoms with van der Waals surface area (Å²) in [5.74, 6) is 0.946. The normalized spacial score (nSPS) is 16.4. The standard InChI is InChI=1S/C17H28N2/c1-15-6-5-9-17(12-15)14-19(2)11-10-18-13-16-7-3-4-8-16/h5-6,9,12,16,18H,3-4,7-8,10-11,13-14H2,1-2H3. The van der Waals surface area contributed by atoms with E-state index >= 15 is 0 Å². The van der Waals surface area contributed by atoms with E-state index in [1.807, 2.05) is 0 Å². The SMILES string of the molecule is Cc1cccc(CN(C)CCNCC2CCCC2)c1. The summed E-state index contributed by atoms with van der Waals surface area (Å²) in [7, 11) is 2.21. The van der Waals surface area contributed by atoms with Crippen molar-refractivity contribution in [3.05, 3.63) is 35.4 Å². The van der Waals surface area contributed by atoms with E-state index in [0.717, 1.165) is 25.6 Å². The van der Waals surface area contributed by atoms with Crippen LogP contribution < -0.4 is 5.32 Å². The summed E-state index contributed by atoms with van der Waals surface area (Å²) in [6, 6.07) is 8.81. The van der Waals surface area contributed by atoms with Gasteiger partial charge in [-0.3, -0.25) is 0 Å². The second-order valence-corrected chi connectivity index (χ2v) is 6.08. The van der Waals surface area contributed by atoms with Gasteiger partial charge in [0.1, 0.15) is 0 Å². The summed E-state index contributed by atoms with van der Waals surface area (Å²) in [5, 5.41) is 3.61. The molecule has 1 aromatic carbocycles. The second-order valence-electron chi connectivity index (χ2n) is 6.08. The molecule has 1 aromatic rings. The minimum atomic E-state index is 0.946. The van der Waals surface area contributed by atoms with Gasteiger partial charge in [-0.1, -0.05) is 42.7 Å². The average Bonchev–Trinajstić information content (AvgIpc) is 2.88. The van der Waals surface area contributed by atoms with Gasteiger partial charge in [-0.05, 0) is 44.8 Å². The third kappa shape index (κ3) is 5.33. The lowest BCUT2D eigenvalue weighted by atomic mass is 10.1. The Morgan fingerprint density at radius 1 is 1.26 bits per heavy atom. The summed E-state index contributed by atoms with van der Waals surface area (Å²) in [5.41, 5.74) is 2.77. The fraction of sp³-hybridized carbons (Fsp3) is 0.647. The first kappa shape index (κ1) is 14.5. The third-order valence-electron chi connectivity index (χ3n) is 4.11. The van der Waals surface area contributed by atoms with Gasteiger partial charge < -0.3 is 10.2 Å². The van der Waals surface area contributed by atoms with Crippen molar-refractivity contribution in [2.45, 2.75) is 39.2 Å². The fourth-order valence-corrected chi connectivity index (χ4v) is 2.99. The lowest BCUT2D eigenvalue weighted by molar-refractivity contribution is 0.319. The number of likely N-dealkylation sites (N-methyl/N-ethyl adjacent to an activating group) is 1. The molecule has 1 aliphatic rings. The molecule has 1 N–H and O–H groups in total. The average molecular weight is 260 g/mol. The molecule has 0 radical (unpaired) electrons. The molecule has 1 fully saturated rings. The molecular formula is C17H28N2. The summed E-state index contributed by atoms with van der Waals surface area (Å²) < 4.78 is 0. The predicted molar refractivity (Wildman–Crippen MR) is 82.3 cm³/mol. The molecule has 0 heterocycles. The van der Waals surface area contributed by atoms with Crippen molar-refractivity contribution in [2.24, 2.45) is 5.92 Å². The first-order chi connectivity index (χ1) is 9.24. The minimum Gasteiger partial charge on any atom is -0.315 e. The number of aryl methyl sites for hydroxylation is 1. The van der Waals surface area contributed by atoms with E-state index in [2.05, 4.69) is 48.5 Å². The molecule has 2 rings (SSSR count). The number of rotatable bonds is 7. The van der Waals surface area contributed by atoms with Crippen molar-refractivity contribution in [1.82, 2.24) is 10.2 Å². The summed E-state index contributed by atoms with van der Waals surface area (Å²) in [6.45, 7) is 6.66. The Morgan fingerprint density at radius 3 is 2.79 bits per heavy atom. The highest BCUT2D eigenvalue weighted by molar-refractivity contribution is 5.21. The Hall–Kier alpha value is -0.860. The molecule has 1 aliphatic carbocycles. The van der Waals surface area contributed by atoms with Crippen LogP contribution in [0.5, 0.6) is 0 Å². The zero-order valence-electron chi connectivity index (χ0n) is 12.5. The first-order valence-electron chi connectivity index (χ1n) is 7.69. The maximum absolute atomic E-state index is 3.61. The van der Waals surface area contributed by atoms with Gasteiger partial charge in [0.2, 0.25) is 0 Å². The molecule has 0 amide bonds. The summed E-state index contributed by atoms with van der Waals surface area (Å²) in [4.78, 5) is 2.40. The zero-order chi connectivity index (χ0) is 13.5. The molecule has 1 saturated carbocycles. The zero-order valence-corrected chi connectivity index (χ0v) is 12.5. The highest BCUT2D eigenvalue weighted by atomic mass is 15.1. The Labute approximate surface area is 118 Å². The number of nitrogens with zero attached hydrogens (tertiary/aromatic N) is 1. The Balaban J connectivity index is 1.60. The molecule has 0 spiro atoms. The molecule has 2 nitrogen and oxygen atoms in total. The van der Waals surface area contributed by atoms with Crippen LogP contribution in [0.15, 0.2) is 24.3 Å². The van der Waals surface area contributed by atoms with Gasteiger partial charge in [0.15, 0.2) is 0 Å². The van der Waals surface area contributed by atoms with E-state index in [1.165, 1.54) is 43.4 Å². The van der Waals surface area contributed by atoms with E-state index in [1.54, 1.807) is 0 Å². The van der Waals surface area contributed by atoms with Gasteiger partial charge >= 0.3 is 0 Å². The molecule has 0 saturated heterocycles. The molecule has 0 aliphatic heterocycles. The predicted octanol–water partition coefficient (Wildman–Crippen LogP) is 3.21. The van der Waals surface area contributed by atoms with Crippen LogP contribution in [0.2, 0.25) is 0 Å². The van der Waals surface area contributed by atoms with E-state index in [9.17, 15) is 0 Å². The highest BCUT2D eigenvalue weighted by Crippen LogP contribution is 2.23. The van der Waals surface area contributed by atoms with Crippen LogP contribution >= 0.6 is 0 Å².